The number of hydrogen-bond acceptors (Lipinski definition) is 4. The van der Waals surface area contributed by atoms with Gasteiger partial charge in [0, 0.05) is 43.9 Å². The van der Waals surface area contributed by atoms with Crippen molar-refractivity contribution in [1.29, 1.82) is 0 Å². The second kappa shape index (κ2) is 7.68. The predicted octanol–water partition coefficient (Wildman–Crippen LogP) is 5.33. The molecule has 4 aliphatic carbocycles. The van der Waals surface area contributed by atoms with Gasteiger partial charge in [-0.3, -0.25) is 9.69 Å². The number of hydrogen-bond donors (Lipinski definition) is 1. The zero-order valence-electron chi connectivity index (χ0n) is 21.8. The molecule has 1 N–H and O–H groups in total. The van der Waals surface area contributed by atoms with Crippen molar-refractivity contribution >= 4 is 5.97 Å². The van der Waals surface area contributed by atoms with Crippen LogP contribution in [0.2, 0.25) is 0 Å². The number of esters is 1. The van der Waals surface area contributed by atoms with Crippen LogP contribution in [0.25, 0.3) is 0 Å². The Hall–Kier alpha value is -1.65. The summed E-state index contributed by atoms with van der Waals surface area (Å²) in [5, 5.41) is 3.88. The van der Waals surface area contributed by atoms with Gasteiger partial charge in [-0.05, 0) is 73.7 Å². The van der Waals surface area contributed by atoms with E-state index in [1.165, 1.54) is 57.2 Å². The maximum atomic E-state index is 11.8. The van der Waals surface area contributed by atoms with Gasteiger partial charge in [-0.2, -0.15) is 0 Å². The molecule has 1 aromatic carbocycles. The van der Waals surface area contributed by atoms with Crippen molar-refractivity contribution in [2.45, 2.75) is 89.9 Å². The maximum absolute atomic E-state index is 11.8. The number of ether oxygens (including phenoxy) is 1. The van der Waals surface area contributed by atoms with Gasteiger partial charge in [0.1, 0.15) is 6.10 Å². The van der Waals surface area contributed by atoms with Crippen molar-refractivity contribution in [3.63, 3.8) is 0 Å². The summed E-state index contributed by atoms with van der Waals surface area (Å²) in [4.78, 5) is 14.6. The van der Waals surface area contributed by atoms with Gasteiger partial charge in [-0.1, -0.05) is 55.8 Å². The molecule has 35 heavy (non-hydrogen) atoms. The lowest BCUT2D eigenvalue weighted by atomic mass is 9.46. The van der Waals surface area contributed by atoms with Gasteiger partial charge >= 0.3 is 5.97 Å². The fourth-order valence-corrected chi connectivity index (χ4v) is 10.2. The maximum Gasteiger partial charge on any atom is 0.302 e. The second-order valence-corrected chi connectivity index (χ2v) is 13.4. The molecule has 0 amide bonds. The number of carbonyl (C=O) groups is 1. The van der Waals surface area contributed by atoms with Crippen LogP contribution in [-0.4, -0.2) is 41.6 Å². The highest BCUT2D eigenvalue weighted by molar-refractivity contribution is 5.66. The first-order valence-corrected chi connectivity index (χ1v) is 14.2. The highest BCUT2D eigenvalue weighted by Gasteiger charge is 2.67. The lowest BCUT2D eigenvalue weighted by Gasteiger charge is -2.59. The van der Waals surface area contributed by atoms with Crippen LogP contribution >= 0.6 is 0 Å². The van der Waals surface area contributed by atoms with E-state index in [4.69, 9.17) is 4.74 Å². The quantitative estimate of drug-likeness (QED) is 0.365. The predicted molar refractivity (Wildman–Crippen MR) is 138 cm³/mol. The van der Waals surface area contributed by atoms with E-state index in [2.05, 4.69) is 60.5 Å². The summed E-state index contributed by atoms with van der Waals surface area (Å²) in [6.07, 6.45) is 11.6. The molecule has 4 heteroatoms. The van der Waals surface area contributed by atoms with Crippen molar-refractivity contribution in [2.75, 3.05) is 13.1 Å². The molecule has 0 aromatic heterocycles. The van der Waals surface area contributed by atoms with E-state index in [1.54, 1.807) is 6.92 Å². The van der Waals surface area contributed by atoms with E-state index >= 15 is 0 Å². The topological polar surface area (TPSA) is 51.5 Å². The van der Waals surface area contributed by atoms with E-state index in [9.17, 15) is 4.79 Å². The van der Waals surface area contributed by atoms with E-state index in [0.717, 1.165) is 24.8 Å². The first-order valence-electron chi connectivity index (χ1n) is 14.2. The van der Waals surface area contributed by atoms with Gasteiger partial charge in [0.05, 0.1) is 5.54 Å². The van der Waals surface area contributed by atoms with Crippen LogP contribution < -0.4 is 5.32 Å². The minimum absolute atomic E-state index is 0.0985. The van der Waals surface area contributed by atoms with Gasteiger partial charge in [0.2, 0.25) is 0 Å². The lowest BCUT2D eigenvalue weighted by Crippen LogP contribution is -2.54. The molecule has 9 atom stereocenters. The van der Waals surface area contributed by atoms with Crippen LogP contribution in [0.3, 0.4) is 0 Å². The minimum atomic E-state index is -0.0985. The van der Waals surface area contributed by atoms with Crippen LogP contribution in [0, 0.1) is 34.5 Å². The molecule has 2 heterocycles. The third-order valence-electron chi connectivity index (χ3n) is 11.8. The molecule has 4 nitrogen and oxygen atoms in total. The van der Waals surface area contributed by atoms with Gasteiger partial charge in [0.15, 0.2) is 0 Å². The molecule has 0 radical (unpaired) electrons. The van der Waals surface area contributed by atoms with Crippen molar-refractivity contribution in [2.24, 2.45) is 34.5 Å². The van der Waals surface area contributed by atoms with Crippen LogP contribution in [0.15, 0.2) is 42.0 Å². The molecule has 0 unspecified atom stereocenters. The van der Waals surface area contributed by atoms with Gasteiger partial charge in [-0.15, -0.1) is 0 Å². The lowest BCUT2D eigenvalue weighted by molar-refractivity contribution is -0.156. The Kier molecular flexibility index (Phi) is 4.94. The van der Waals surface area contributed by atoms with E-state index < -0.39 is 0 Å². The molecule has 1 spiro atoms. The summed E-state index contributed by atoms with van der Waals surface area (Å²) < 4.78 is 5.88. The van der Waals surface area contributed by atoms with Gasteiger partial charge < -0.3 is 10.1 Å². The number of nitrogens with one attached hydrogen (secondary N) is 1. The van der Waals surface area contributed by atoms with Crippen molar-refractivity contribution < 1.29 is 9.53 Å². The number of carbonyl (C=O) groups excluding carboxylic acids is 1. The first kappa shape index (κ1) is 22.5. The molecule has 0 bridgehead atoms. The summed E-state index contributed by atoms with van der Waals surface area (Å²) in [5.41, 5.74) is 4.09. The van der Waals surface area contributed by atoms with Gasteiger partial charge in [-0.25, -0.2) is 0 Å². The largest absolute Gasteiger partial charge is 0.462 e. The number of nitrogens with zero attached hydrogens (tertiary/aromatic N) is 1. The molecular formula is C31H42N2O2. The number of allylic oxidation sites excluding steroid dienone is 1. The summed E-state index contributed by atoms with van der Waals surface area (Å²) in [7, 11) is 0. The molecule has 188 valence electrons. The number of benzene rings is 1. The van der Waals surface area contributed by atoms with Crippen molar-refractivity contribution in [3.05, 3.63) is 47.5 Å². The average Bonchev–Trinajstić information content (AvgIpc) is 3.44. The Bertz CT molecular complexity index is 1050. The molecule has 5 fully saturated rings. The van der Waals surface area contributed by atoms with Gasteiger partial charge in [0.25, 0.3) is 0 Å². The number of fused-ring (bicyclic) bond motifs is 8. The summed E-state index contributed by atoms with van der Waals surface area (Å²) >= 11 is 0. The zero-order valence-corrected chi connectivity index (χ0v) is 21.8. The van der Waals surface area contributed by atoms with E-state index in [0.29, 0.717) is 28.8 Å². The summed E-state index contributed by atoms with van der Waals surface area (Å²) in [6.45, 7) is 10.1. The highest BCUT2D eigenvalue weighted by Crippen LogP contribution is 2.68. The minimum Gasteiger partial charge on any atom is -0.462 e. The molecule has 2 aliphatic heterocycles. The summed E-state index contributed by atoms with van der Waals surface area (Å²) in [5.74, 6) is 2.82. The Labute approximate surface area is 210 Å². The summed E-state index contributed by atoms with van der Waals surface area (Å²) in [6, 6.07) is 11.8. The second-order valence-electron chi connectivity index (χ2n) is 13.4. The fraction of sp³-hybridized carbons (Fsp3) is 0.710. The van der Waals surface area contributed by atoms with Crippen LogP contribution in [0.5, 0.6) is 0 Å². The Balaban J connectivity index is 1.18. The molecule has 2 saturated heterocycles. The number of likely N-dealkylation sites (tertiary alicyclic amines) is 1. The first-order chi connectivity index (χ1) is 16.8. The average molecular weight is 475 g/mol. The highest BCUT2D eigenvalue weighted by atomic mass is 16.5. The number of rotatable bonds is 3. The Morgan fingerprint density at radius 2 is 1.89 bits per heavy atom. The molecular weight excluding hydrogens is 432 g/mol. The molecule has 1 aromatic rings. The molecule has 6 aliphatic rings. The van der Waals surface area contributed by atoms with E-state index in [-0.39, 0.29) is 17.5 Å². The van der Waals surface area contributed by atoms with Crippen LogP contribution in [-0.2, 0) is 16.1 Å². The third kappa shape index (κ3) is 3.21. The third-order valence-corrected chi connectivity index (χ3v) is 11.8. The smallest absolute Gasteiger partial charge is 0.302 e. The Morgan fingerprint density at radius 3 is 2.63 bits per heavy atom. The zero-order chi connectivity index (χ0) is 24.0. The fourth-order valence-electron chi connectivity index (χ4n) is 10.2. The molecule has 7 rings (SSSR count). The standard InChI is InChI=1S/C31H42N2O2/c1-20(34)35-27-12-11-23-22-9-10-25-28-26(14-16-29(25,2)24(22)13-15-30(23,27)3)33(19-31(28)18-32-31)17-21-7-5-4-6-8-21/h4-8,10,22-24,26-28,32H,9,11-19H2,1-3H3/t22-,23-,24-,26-,27-,28+,29+,30-,31-/m0/s1. The van der Waals surface area contributed by atoms with Crippen molar-refractivity contribution in [3.8, 4) is 0 Å². The van der Waals surface area contributed by atoms with Crippen LogP contribution in [0.1, 0.15) is 71.3 Å². The molecule has 3 saturated carbocycles. The normalized spacial score (nSPS) is 47.9. The van der Waals surface area contributed by atoms with E-state index in [1.807, 2.05) is 5.57 Å². The Morgan fingerprint density at radius 1 is 1.09 bits per heavy atom. The van der Waals surface area contributed by atoms with Crippen molar-refractivity contribution in [1.82, 2.24) is 10.2 Å². The van der Waals surface area contributed by atoms with Crippen LogP contribution in [0.4, 0.5) is 0 Å². The monoisotopic (exact) mass is 474 g/mol. The SMILES string of the molecule is CC(=O)O[C@H]1CC[C@H]2[C@@H]3CC=C4[C@@H]5[C@H](CC[C@]4(C)[C@H]3CC[C@]12C)N(Cc1ccccc1)C[C@@]51CN1.